The topological polar surface area (TPSA) is 66.0 Å². The Balaban J connectivity index is 2.91. The lowest BCUT2D eigenvalue weighted by molar-refractivity contribution is 0.198. The zero-order chi connectivity index (χ0) is 25.6. The van der Waals surface area contributed by atoms with Crippen molar-refractivity contribution < 1.29 is 23.7 Å². The van der Waals surface area contributed by atoms with Crippen molar-refractivity contribution in [2.45, 2.75) is 117 Å². The van der Waals surface area contributed by atoms with E-state index in [0.29, 0.717) is 42.8 Å². The zero-order valence-electron chi connectivity index (χ0n) is 22.6. The second-order valence-corrected chi connectivity index (χ2v) is 9.14. The van der Waals surface area contributed by atoms with Gasteiger partial charge in [0.2, 0.25) is 0 Å². The average Bonchev–Trinajstić information content (AvgIpc) is 2.86. The van der Waals surface area contributed by atoms with E-state index in [2.05, 4.69) is 37.9 Å². The molecule has 1 rings (SSSR count). The third-order valence-corrected chi connectivity index (χ3v) is 5.93. The fourth-order valence-corrected chi connectivity index (χ4v) is 3.81. The van der Waals surface area contributed by atoms with E-state index in [1.165, 1.54) is 57.8 Å². The smallest absolute Gasteiger partial charge is 0.411 e. The molecule has 0 saturated heterocycles. The van der Waals surface area contributed by atoms with E-state index in [1.807, 2.05) is 12.1 Å². The number of rotatable bonds is 22. The van der Waals surface area contributed by atoms with E-state index in [0.717, 1.165) is 38.5 Å². The molecule has 0 saturated carbocycles. The van der Waals surface area contributed by atoms with Crippen LogP contribution in [0.5, 0.6) is 17.2 Å². The van der Waals surface area contributed by atoms with Crippen LogP contribution in [0.15, 0.2) is 12.1 Å². The van der Waals surface area contributed by atoms with Gasteiger partial charge in [-0.05, 0) is 19.3 Å². The van der Waals surface area contributed by atoms with Crippen molar-refractivity contribution in [2.24, 2.45) is 0 Å². The summed E-state index contributed by atoms with van der Waals surface area (Å²) in [6, 6.07) is 3.68. The minimum atomic E-state index is -0.657. The van der Waals surface area contributed by atoms with Crippen LogP contribution in [0.3, 0.4) is 0 Å². The number of carbonyl (C=O) groups is 1. The summed E-state index contributed by atoms with van der Waals surface area (Å²) < 4.78 is 22.9. The van der Waals surface area contributed by atoms with Crippen LogP contribution in [-0.2, 0) is 4.74 Å². The maximum absolute atomic E-state index is 12.0. The van der Waals surface area contributed by atoms with Crippen LogP contribution in [0.1, 0.15) is 117 Å². The second-order valence-electron chi connectivity index (χ2n) is 9.14. The average molecular weight is 493 g/mol. The van der Waals surface area contributed by atoms with Crippen molar-refractivity contribution in [3.63, 3.8) is 0 Å². The first-order valence-electron chi connectivity index (χ1n) is 14.0. The van der Waals surface area contributed by atoms with Crippen molar-refractivity contribution in [1.82, 2.24) is 0 Å². The first kappa shape index (κ1) is 30.9. The lowest BCUT2D eigenvalue weighted by atomic mass is 10.1. The molecule has 1 radical (unpaired) electrons. The van der Waals surface area contributed by atoms with Gasteiger partial charge in [0.05, 0.1) is 19.8 Å². The number of hydrogen-bond acceptors (Lipinski definition) is 5. The van der Waals surface area contributed by atoms with Crippen molar-refractivity contribution in [1.29, 1.82) is 0 Å². The number of hydrogen-bond donors (Lipinski definition) is 1. The van der Waals surface area contributed by atoms with Crippen LogP contribution in [0.4, 0.5) is 10.5 Å². The maximum atomic E-state index is 12.0. The molecule has 0 atom stereocenters. The molecule has 0 fully saturated rings. The van der Waals surface area contributed by atoms with Gasteiger partial charge in [0.15, 0.2) is 0 Å². The van der Waals surface area contributed by atoms with E-state index in [4.69, 9.17) is 14.2 Å². The van der Waals surface area contributed by atoms with Crippen molar-refractivity contribution in [2.75, 3.05) is 25.1 Å². The number of nitrogens with one attached hydrogen (secondary N) is 1. The SMILES string of the molecule is [CH2]OC(=O)Nc1c(OCCCCCCC)cc(OCCCCCCC)cc1OCCCCCCC. The molecular formula is C29H50NO5. The molecule has 0 aliphatic heterocycles. The fourth-order valence-electron chi connectivity index (χ4n) is 3.81. The van der Waals surface area contributed by atoms with E-state index in [-0.39, 0.29) is 0 Å². The Hall–Kier alpha value is -2.11. The van der Waals surface area contributed by atoms with Gasteiger partial charge in [0.1, 0.15) is 30.0 Å². The van der Waals surface area contributed by atoms with Gasteiger partial charge in [-0.25, -0.2) is 4.79 Å². The Bertz CT molecular complexity index is 627. The minimum Gasteiger partial charge on any atom is -0.493 e. The van der Waals surface area contributed by atoms with Gasteiger partial charge in [-0.15, -0.1) is 0 Å². The molecule has 0 aromatic heterocycles. The first-order valence-corrected chi connectivity index (χ1v) is 14.0. The Morgan fingerprint density at radius 1 is 0.657 bits per heavy atom. The summed E-state index contributed by atoms with van der Waals surface area (Å²) in [5.74, 6) is 1.77. The summed E-state index contributed by atoms with van der Waals surface area (Å²) in [6.45, 7) is 8.40. The zero-order valence-corrected chi connectivity index (χ0v) is 22.6. The first-order chi connectivity index (χ1) is 17.2. The monoisotopic (exact) mass is 492 g/mol. The van der Waals surface area contributed by atoms with Gasteiger partial charge in [0.25, 0.3) is 0 Å². The molecule has 0 unspecified atom stereocenters. The molecular weight excluding hydrogens is 442 g/mol. The van der Waals surface area contributed by atoms with Gasteiger partial charge >= 0.3 is 6.09 Å². The molecule has 1 N–H and O–H groups in total. The quantitative estimate of drug-likeness (QED) is 0.163. The molecule has 35 heavy (non-hydrogen) atoms. The lowest BCUT2D eigenvalue weighted by Crippen LogP contribution is -2.14. The molecule has 1 aromatic carbocycles. The van der Waals surface area contributed by atoms with Crippen molar-refractivity contribution >= 4 is 11.8 Å². The minimum absolute atomic E-state index is 0.469. The summed E-state index contributed by atoms with van der Waals surface area (Å²) in [4.78, 5) is 12.0. The maximum Gasteiger partial charge on any atom is 0.411 e. The normalized spacial score (nSPS) is 10.7. The molecule has 0 spiro atoms. The highest BCUT2D eigenvalue weighted by atomic mass is 16.5. The highest BCUT2D eigenvalue weighted by Crippen LogP contribution is 2.40. The van der Waals surface area contributed by atoms with Crippen molar-refractivity contribution in [3.05, 3.63) is 19.2 Å². The Morgan fingerprint density at radius 3 is 1.46 bits per heavy atom. The molecule has 6 heteroatoms. The number of unbranched alkanes of at least 4 members (excludes halogenated alkanes) is 12. The molecule has 0 bridgehead atoms. The third kappa shape index (κ3) is 14.8. The third-order valence-electron chi connectivity index (χ3n) is 5.93. The summed E-state index contributed by atoms with van der Waals surface area (Å²) in [6.07, 6.45) is 16.7. The van der Waals surface area contributed by atoms with E-state index >= 15 is 0 Å². The number of carbonyl (C=O) groups excluding carboxylic acids is 1. The molecule has 1 aromatic rings. The second kappa shape index (κ2) is 21.2. The highest BCUT2D eigenvalue weighted by Gasteiger charge is 2.18. The van der Waals surface area contributed by atoms with Gasteiger partial charge in [-0.3, -0.25) is 5.32 Å². The Morgan fingerprint density at radius 2 is 1.06 bits per heavy atom. The molecule has 1 amide bonds. The Labute approximate surface area is 214 Å². The predicted molar refractivity (Wildman–Crippen MR) is 145 cm³/mol. The van der Waals surface area contributed by atoms with Crippen LogP contribution in [0.2, 0.25) is 0 Å². The van der Waals surface area contributed by atoms with Gasteiger partial charge < -0.3 is 18.9 Å². The summed E-state index contributed by atoms with van der Waals surface area (Å²) >= 11 is 0. The summed E-state index contributed by atoms with van der Waals surface area (Å²) in [5, 5.41) is 2.74. The van der Waals surface area contributed by atoms with Gasteiger partial charge in [-0.2, -0.15) is 0 Å². The van der Waals surface area contributed by atoms with Crippen LogP contribution in [0, 0.1) is 7.11 Å². The number of anilines is 1. The Kier molecular flexibility index (Phi) is 18.7. The van der Waals surface area contributed by atoms with E-state index in [9.17, 15) is 4.79 Å². The summed E-state index contributed by atoms with van der Waals surface area (Å²) in [5.41, 5.74) is 0.469. The van der Waals surface area contributed by atoms with E-state index < -0.39 is 6.09 Å². The van der Waals surface area contributed by atoms with Gasteiger partial charge in [0, 0.05) is 12.1 Å². The standard InChI is InChI=1S/C29H50NO5/c1-5-8-11-14-17-20-33-25-23-26(34-21-18-15-12-9-6-2)28(30-29(31)32-4)27(24-25)35-22-19-16-13-10-7-3/h23-24H,4-22H2,1-3H3,(H,30,31). The van der Waals surface area contributed by atoms with Crippen LogP contribution >= 0.6 is 0 Å². The van der Waals surface area contributed by atoms with Crippen molar-refractivity contribution in [3.8, 4) is 17.2 Å². The van der Waals surface area contributed by atoms with Crippen LogP contribution in [-0.4, -0.2) is 25.9 Å². The largest absolute Gasteiger partial charge is 0.493 e. The number of amides is 1. The van der Waals surface area contributed by atoms with Crippen LogP contribution < -0.4 is 19.5 Å². The summed E-state index contributed by atoms with van der Waals surface area (Å²) in [7, 11) is 3.22. The highest BCUT2D eigenvalue weighted by molar-refractivity contribution is 5.89. The van der Waals surface area contributed by atoms with Gasteiger partial charge in [-0.1, -0.05) is 97.8 Å². The molecule has 6 nitrogen and oxygen atoms in total. The predicted octanol–water partition coefficient (Wildman–Crippen LogP) is 9.07. The molecule has 0 heterocycles. The fraction of sp³-hybridized carbons (Fsp3) is 0.724. The number of ether oxygens (including phenoxy) is 4. The number of benzene rings is 1. The van der Waals surface area contributed by atoms with E-state index in [1.54, 1.807) is 0 Å². The van der Waals surface area contributed by atoms with Crippen LogP contribution in [0.25, 0.3) is 0 Å². The molecule has 201 valence electrons. The molecule has 0 aliphatic rings. The molecule has 0 aliphatic carbocycles. The lowest BCUT2D eigenvalue weighted by Gasteiger charge is -2.19.